The molecule has 0 radical (unpaired) electrons. The minimum atomic E-state index is -0.860. The number of halogens is 1. The van der Waals surface area contributed by atoms with Crippen molar-refractivity contribution in [2.24, 2.45) is 5.92 Å². The molecule has 21 heavy (non-hydrogen) atoms. The normalized spacial score (nSPS) is 12.6. The topological polar surface area (TPSA) is 80.9 Å². The molecule has 0 aliphatic rings. The molecule has 0 spiro atoms. The van der Waals surface area contributed by atoms with Gasteiger partial charge < -0.3 is 5.11 Å². The molecule has 112 valence electrons. The van der Waals surface area contributed by atoms with E-state index in [9.17, 15) is 4.79 Å². The molecule has 0 amide bonds. The zero-order valence-corrected chi connectivity index (χ0v) is 12.7. The van der Waals surface area contributed by atoms with Crippen LogP contribution >= 0.6 is 11.6 Å². The van der Waals surface area contributed by atoms with Crippen molar-refractivity contribution in [2.75, 3.05) is 0 Å². The Morgan fingerprint density at radius 3 is 2.57 bits per heavy atom. The largest absolute Gasteiger partial charge is 0.481 e. The molecule has 7 heteroatoms. The molecule has 0 aliphatic heterocycles. The fourth-order valence-electron chi connectivity index (χ4n) is 2.15. The number of hydrogen-bond acceptors (Lipinski definition) is 4. The van der Waals surface area contributed by atoms with Crippen molar-refractivity contribution in [3.8, 4) is 0 Å². The number of carboxylic acids is 1. The zero-order valence-electron chi connectivity index (χ0n) is 11.9. The average Bonchev–Trinajstić information content (AvgIpc) is 2.86. The molecule has 6 nitrogen and oxygen atoms in total. The Bertz CT molecular complexity index is 610. The Morgan fingerprint density at radius 1 is 1.33 bits per heavy atom. The van der Waals surface area contributed by atoms with Gasteiger partial charge in [0.2, 0.25) is 0 Å². The van der Waals surface area contributed by atoms with Crippen molar-refractivity contribution in [2.45, 2.75) is 32.7 Å². The molecule has 2 rings (SSSR count). The van der Waals surface area contributed by atoms with Gasteiger partial charge in [-0.2, -0.15) is 0 Å². The van der Waals surface area contributed by atoms with Crippen LogP contribution in [0.2, 0.25) is 5.02 Å². The maximum absolute atomic E-state index is 11.0. The van der Waals surface area contributed by atoms with Gasteiger partial charge in [-0.05, 0) is 34.0 Å². The molecule has 0 bridgehead atoms. The van der Waals surface area contributed by atoms with Gasteiger partial charge in [-0.3, -0.25) is 4.79 Å². The molecule has 1 unspecified atom stereocenters. The third-order valence-electron chi connectivity index (χ3n) is 3.30. The van der Waals surface area contributed by atoms with Gasteiger partial charge in [0.05, 0.1) is 12.5 Å². The van der Waals surface area contributed by atoms with Crippen LogP contribution in [0.25, 0.3) is 0 Å². The van der Waals surface area contributed by atoms with Crippen molar-refractivity contribution in [1.82, 2.24) is 20.2 Å². The lowest BCUT2D eigenvalue weighted by molar-refractivity contribution is -0.138. The van der Waals surface area contributed by atoms with Crippen LogP contribution in [-0.4, -0.2) is 31.3 Å². The Balaban J connectivity index is 2.24. The highest BCUT2D eigenvalue weighted by molar-refractivity contribution is 6.30. The standard InChI is InChI=1S/C14H17ClN4O2/c1-9(2)12(8-14(20)21)19-13(16-17-18-19)7-10-3-5-11(15)6-4-10/h3-6,9,12H,7-8H2,1-2H3,(H,20,21). The summed E-state index contributed by atoms with van der Waals surface area (Å²) < 4.78 is 1.62. The number of rotatable bonds is 6. The molecule has 0 saturated heterocycles. The Labute approximate surface area is 127 Å². The molecule has 1 aromatic heterocycles. The summed E-state index contributed by atoms with van der Waals surface area (Å²) in [5.74, 6) is -0.0903. The molecule has 0 aliphatic carbocycles. The molecule has 1 heterocycles. The van der Waals surface area contributed by atoms with Gasteiger partial charge in [0.15, 0.2) is 5.82 Å². The first-order chi connectivity index (χ1) is 9.97. The van der Waals surface area contributed by atoms with Crippen LogP contribution in [0.5, 0.6) is 0 Å². The molecule has 1 aromatic carbocycles. The zero-order chi connectivity index (χ0) is 15.4. The monoisotopic (exact) mass is 308 g/mol. The number of benzene rings is 1. The maximum Gasteiger partial charge on any atom is 0.305 e. The second-order valence-corrected chi connectivity index (χ2v) is 5.69. The van der Waals surface area contributed by atoms with Gasteiger partial charge in [-0.25, -0.2) is 4.68 Å². The van der Waals surface area contributed by atoms with E-state index in [1.54, 1.807) is 4.68 Å². The van der Waals surface area contributed by atoms with Gasteiger partial charge in [0, 0.05) is 11.4 Å². The van der Waals surface area contributed by atoms with Crippen molar-refractivity contribution >= 4 is 17.6 Å². The van der Waals surface area contributed by atoms with Crippen molar-refractivity contribution in [3.05, 3.63) is 40.7 Å². The van der Waals surface area contributed by atoms with E-state index in [4.69, 9.17) is 16.7 Å². The number of aromatic nitrogens is 4. The summed E-state index contributed by atoms with van der Waals surface area (Å²) in [5.41, 5.74) is 1.02. The maximum atomic E-state index is 11.0. The van der Waals surface area contributed by atoms with E-state index < -0.39 is 5.97 Å². The predicted molar refractivity (Wildman–Crippen MR) is 78.2 cm³/mol. The van der Waals surface area contributed by atoms with Crippen LogP contribution in [0.3, 0.4) is 0 Å². The van der Waals surface area contributed by atoms with Crippen molar-refractivity contribution < 1.29 is 9.90 Å². The van der Waals surface area contributed by atoms with E-state index >= 15 is 0 Å². The smallest absolute Gasteiger partial charge is 0.305 e. The Hall–Kier alpha value is -1.95. The van der Waals surface area contributed by atoms with Crippen LogP contribution in [0.15, 0.2) is 24.3 Å². The SMILES string of the molecule is CC(C)C(CC(=O)O)n1nnnc1Cc1ccc(Cl)cc1. The predicted octanol–water partition coefficient (Wildman–Crippen LogP) is 2.59. The second kappa shape index (κ2) is 6.67. The van der Waals surface area contributed by atoms with E-state index in [0.29, 0.717) is 17.3 Å². The lowest BCUT2D eigenvalue weighted by Gasteiger charge is -2.20. The molecular formula is C14H17ClN4O2. The van der Waals surface area contributed by atoms with Crippen LogP contribution in [0.4, 0.5) is 0 Å². The van der Waals surface area contributed by atoms with Crippen LogP contribution < -0.4 is 0 Å². The molecular weight excluding hydrogens is 292 g/mol. The summed E-state index contributed by atoms with van der Waals surface area (Å²) in [6.45, 7) is 3.92. The Kier molecular flexibility index (Phi) is 4.90. The average molecular weight is 309 g/mol. The number of carboxylic acid groups (broad SMARTS) is 1. The van der Waals surface area contributed by atoms with Crippen LogP contribution in [0.1, 0.15) is 37.7 Å². The Morgan fingerprint density at radius 2 is 2.00 bits per heavy atom. The number of tetrazole rings is 1. The van der Waals surface area contributed by atoms with E-state index in [0.717, 1.165) is 5.56 Å². The third-order valence-corrected chi connectivity index (χ3v) is 3.56. The van der Waals surface area contributed by atoms with E-state index in [2.05, 4.69) is 15.5 Å². The molecule has 1 N–H and O–H groups in total. The highest BCUT2D eigenvalue weighted by atomic mass is 35.5. The lowest BCUT2D eigenvalue weighted by atomic mass is 10.0. The summed E-state index contributed by atoms with van der Waals surface area (Å²) in [4.78, 5) is 11.0. The molecule has 0 saturated carbocycles. The summed E-state index contributed by atoms with van der Waals surface area (Å²) in [7, 11) is 0. The van der Waals surface area contributed by atoms with Gasteiger partial charge in [0.25, 0.3) is 0 Å². The highest BCUT2D eigenvalue weighted by Crippen LogP contribution is 2.22. The molecule has 0 fully saturated rings. The molecule has 1 atom stereocenters. The minimum absolute atomic E-state index is 0.00365. The van der Waals surface area contributed by atoms with Gasteiger partial charge in [0.1, 0.15) is 0 Å². The van der Waals surface area contributed by atoms with Crippen LogP contribution in [-0.2, 0) is 11.2 Å². The van der Waals surface area contributed by atoms with Gasteiger partial charge in [-0.1, -0.05) is 37.6 Å². The minimum Gasteiger partial charge on any atom is -0.481 e. The van der Waals surface area contributed by atoms with E-state index in [1.807, 2.05) is 38.1 Å². The highest BCUT2D eigenvalue weighted by Gasteiger charge is 2.23. The quantitative estimate of drug-likeness (QED) is 0.887. The van der Waals surface area contributed by atoms with Crippen molar-refractivity contribution in [1.29, 1.82) is 0 Å². The summed E-state index contributed by atoms with van der Waals surface area (Å²) in [6.07, 6.45) is 0.531. The summed E-state index contributed by atoms with van der Waals surface area (Å²) in [5, 5.41) is 21.4. The fraction of sp³-hybridized carbons (Fsp3) is 0.429. The van der Waals surface area contributed by atoms with Gasteiger partial charge in [-0.15, -0.1) is 5.10 Å². The second-order valence-electron chi connectivity index (χ2n) is 5.25. The number of nitrogens with zero attached hydrogens (tertiary/aromatic N) is 4. The number of aliphatic carboxylic acids is 1. The fourth-order valence-corrected chi connectivity index (χ4v) is 2.28. The third kappa shape index (κ3) is 4.01. The van der Waals surface area contributed by atoms with Crippen LogP contribution in [0, 0.1) is 5.92 Å². The van der Waals surface area contributed by atoms with Crippen molar-refractivity contribution in [3.63, 3.8) is 0 Å². The van der Waals surface area contributed by atoms with E-state index in [1.165, 1.54) is 0 Å². The van der Waals surface area contributed by atoms with E-state index in [-0.39, 0.29) is 18.4 Å². The summed E-state index contributed by atoms with van der Waals surface area (Å²) >= 11 is 5.86. The first-order valence-corrected chi connectivity index (χ1v) is 7.08. The first kappa shape index (κ1) is 15.4. The number of carbonyl (C=O) groups is 1. The molecule has 2 aromatic rings. The van der Waals surface area contributed by atoms with Gasteiger partial charge >= 0.3 is 5.97 Å². The lowest BCUT2D eigenvalue weighted by Crippen LogP contribution is -2.22. The summed E-state index contributed by atoms with van der Waals surface area (Å²) in [6, 6.07) is 7.16. The first-order valence-electron chi connectivity index (χ1n) is 6.70. The number of hydrogen-bond donors (Lipinski definition) is 1.